The van der Waals surface area contributed by atoms with E-state index in [1.165, 1.54) is 11.1 Å². The molecule has 0 saturated heterocycles. The number of rotatable bonds is 2. The molecule has 0 aromatic carbocycles. The van der Waals surface area contributed by atoms with Gasteiger partial charge in [0.05, 0.1) is 12.7 Å². The molecule has 0 heterocycles. The molecule has 1 N–H and O–H groups in total. The fourth-order valence-electron chi connectivity index (χ4n) is 1.48. The summed E-state index contributed by atoms with van der Waals surface area (Å²) in [6.07, 6.45) is 2.61. The van der Waals surface area contributed by atoms with Crippen molar-refractivity contribution in [2.45, 2.75) is 32.3 Å². The second kappa shape index (κ2) is 3.88. The summed E-state index contributed by atoms with van der Waals surface area (Å²) in [5.41, 5.74) is 2.68. The van der Waals surface area contributed by atoms with Crippen LogP contribution in [0.15, 0.2) is 11.1 Å². The lowest BCUT2D eigenvalue weighted by atomic mass is 9.91. The van der Waals surface area contributed by atoms with Crippen LogP contribution in [0.1, 0.15) is 26.2 Å². The lowest BCUT2D eigenvalue weighted by Gasteiger charge is -2.21. The minimum absolute atomic E-state index is 0.135. The van der Waals surface area contributed by atoms with Crippen molar-refractivity contribution in [3.05, 3.63) is 11.1 Å². The number of aliphatic hydroxyl groups is 1. The standard InChI is InChI=1S/C9H16O2/c1-7-3-4-9(10)5-8(7)6-11-2/h9-10H,3-6H2,1-2H3. The Morgan fingerprint density at radius 3 is 3.00 bits per heavy atom. The average molecular weight is 156 g/mol. The largest absolute Gasteiger partial charge is 0.393 e. The molecule has 1 unspecified atom stereocenters. The van der Waals surface area contributed by atoms with Crippen molar-refractivity contribution in [3.8, 4) is 0 Å². The molecule has 2 nitrogen and oxygen atoms in total. The second-order valence-electron chi connectivity index (χ2n) is 3.21. The molecule has 64 valence electrons. The minimum Gasteiger partial charge on any atom is -0.393 e. The number of aliphatic hydroxyl groups excluding tert-OH is 1. The molecule has 0 spiro atoms. The Bertz CT molecular complexity index is 161. The van der Waals surface area contributed by atoms with Gasteiger partial charge in [0.25, 0.3) is 0 Å². The van der Waals surface area contributed by atoms with Crippen molar-refractivity contribution in [1.82, 2.24) is 0 Å². The van der Waals surface area contributed by atoms with E-state index >= 15 is 0 Å². The highest BCUT2D eigenvalue weighted by Crippen LogP contribution is 2.24. The molecule has 1 rings (SSSR count). The highest BCUT2D eigenvalue weighted by Gasteiger charge is 2.15. The van der Waals surface area contributed by atoms with Crippen LogP contribution in [-0.2, 0) is 4.74 Å². The van der Waals surface area contributed by atoms with Gasteiger partial charge in [0.15, 0.2) is 0 Å². The molecule has 0 bridgehead atoms. The van der Waals surface area contributed by atoms with Crippen molar-refractivity contribution in [3.63, 3.8) is 0 Å². The Hall–Kier alpha value is -0.340. The summed E-state index contributed by atoms with van der Waals surface area (Å²) < 4.78 is 5.03. The van der Waals surface area contributed by atoms with Crippen LogP contribution >= 0.6 is 0 Å². The molecule has 1 aliphatic rings. The molecule has 0 fully saturated rings. The Morgan fingerprint density at radius 1 is 1.64 bits per heavy atom. The van der Waals surface area contributed by atoms with Gasteiger partial charge >= 0.3 is 0 Å². The normalized spacial score (nSPS) is 25.9. The Morgan fingerprint density at radius 2 is 2.36 bits per heavy atom. The van der Waals surface area contributed by atoms with Gasteiger partial charge < -0.3 is 9.84 Å². The fraction of sp³-hybridized carbons (Fsp3) is 0.778. The van der Waals surface area contributed by atoms with Crippen LogP contribution < -0.4 is 0 Å². The van der Waals surface area contributed by atoms with E-state index in [0.717, 1.165) is 19.3 Å². The molecule has 2 heteroatoms. The van der Waals surface area contributed by atoms with Crippen molar-refractivity contribution in [2.24, 2.45) is 0 Å². The minimum atomic E-state index is -0.135. The van der Waals surface area contributed by atoms with E-state index in [1.807, 2.05) is 0 Å². The zero-order chi connectivity index (χ0) is 8.27. The third-order valence-electron chi connectivity index (χ3n) is 2.26. The Labute approximate surface area is 67.9 Å². The second-order valence-corrected chi connectivity index (χ2v) is 3.21. The van der Waals surface area contributed by atoms with Gasteiger partial charge in [0, 0.05) is 7.11 Å². The van der Waals surface area contributed by atoms with Crippen LogP contribution in [0.3, 0.4) is 0 Å². The van der Waals surface area contributed by atoms with Gasteiger partial charge in [-0.3, -0.25) is 0 Å². The van der Waals surface area contributed by atoms with Gasteiger partial charge in [-0.2, -0.15) is 0 Å². The molecule has 11 heavy (non-hydrogen) atoms. The van der Waals surface area contributed by atoms with Gasteiger partial charge in [-0.1, -0.05) is 5.57 Å². The molecular formula is C9H16O2. The molecule has 1 aliphatic carbocycles. The van der Waals surface area contributed by atoms with Crippen LogP contribution in [0, 0.1) is 0 Å². The average Bonchev–Trinajstić information content (AvgIpc) is 1.98. The Kier molecular flexibility index (Phi) is 3.09. The van der Waals surface area contributed by atoms with Crippen LogP contribution in [0.25, 0.3) is 0 Å². The predicted octanol–water partition coefficient (Wildman–Crippen LogP) is 1.49. The summed E-state index contributed by atoms with van der Waals surface area (Å²) in [6.45, 7) is 2.81. The van der Waals surface area contributed by atoms with Gasteiger partial charge in [-0.05, 0) is 31.8 Å². The van der Waals surface area contributed by atoms with E-state index in [4.69, 9.17) is 4.74 Å². The fourth-order valence-corrected chi connectivity index (χ4v) is 1.48. The maximum Gasteiger partial charge on any atom is 0.0676 e. The highest BCUT2D eigenvalue weighted by atomic mass is 16.5. The third-order valence-corrected chi connectivity index (χ3v) is 2.26. The smallest absolute Gasteiger partial charge is 0.0676 e. The molecular weight excluding hydrogens is 140 g/mol. The van der Waals surface area contributed by atoms with Crippen molar-refractivity contribution in [1.29, 1.82) is 0 Å². The maximum atomic E-state index is 9.33. The maximum absolute atomic E-state index is 9.33. The topological polar surface area (TPSA) is 29.5 Å². The van der Waals surface area contributed by atoms with Crippen molar-refractivity contribution in [2.75, 3.05) is 13.7 Å². The van der Waals surface area contributed by atoms with Crippen LogP contribution in [0.5, 0.6) is 0 Å². The molecule has 0 aromatic rings. The van der Waals surface area contributed by atoms with Gasteiger partial charge in [-0.15, -0.1) is 0 Å². The summed E-state index contributed by atoms with van der Waals surface area (Å²) >= 11 is 0. The van der Waals surface area contributed by atoms with E-state index in [1.54, 1.807) is 7.11 Å². The SMILES string of the molecule is COCC1=C(C)CCC(O)C1. The van der Waals surface area contributed by atoms with Crippen LogP contribution in [-0.4, -0.2) is 24.9 Å². The summed E-state index contributed by atoms with van der Waals surface area (Å²) in [4.78, 5) is 0. The first-order valence-electron chi connectivity index (χ1n) is 4.08. The molecule has 1 atom stereocenters. The molecule has 0 aliphatic heterocycles. The van der Waals surface area contributed by atoms with E-state index in [-0.39, 0.29) is 6.10 Å². The van der Waals surface area contributed by atoms with Crippen LogP contribution in [0.4, 0.5) is 0 Å². The van der Waals surface area contributed by atoms with Gasteiger partial charge in [0.2, 0.25) is 0 Å². The molecule has 0 aromatic heterocycles. The lowest BCUT2D eigenvalue weighted by molar-refractivity contribution is 0.144. The van der Waals surface area contributed by atoms with E-state index in [9.17, 15) is 5.11 Å². The summed E-state index contributed by atoms with van der Waals surface area (Å²) in [6, 6.07) is 0. The zero-order valence-electron chi connectivity index (χ0n) is 7.26. The van der Waals surface area contributed by atoms with E-state index in [0.29, 0.717) is 6.61 Å². The predicted molar refractivity (Wildman–Crippen MR) is 44.4 cm³/mol. The third kappa shape index (κ3) is 2.31. The molecule has 0 amide bonds. The number of allylic oxidation sites excluding steroid dienone is 1. The monoisotopic (exact) mass is 156 g/mol. The first kappa shape index (κ1) is 8.75. The molecule has 0 saturated carbocycles. The number of ether oxygens (including phenoxy) is 1. The number of hydrogen-bond donors (Lipinski definition) is 1. The highest BCUT2D eigenvalue weighted by molar-refractivity contribution is 5.16. The van der Waals surface area contributed by atoms with Crippen LogP contribution in [0.2, 0.25) is 0 Å². The summed E-state index contributed by atoms with van der Waals surface area (Å²) in [7, 11) is 1.70. The van der Waals surface area contributed by atoms with E-state index < -0.39 is 0 Å². The van der Waals surface area contributed by atoms with Gasteiger partial charge in [-0.25, -0.2) is 0 Å². The molecule has 0 radical (unpaired) electrons. The Balaban J connectivity index is 2.56. The van der Waals surface area contributed by atoms with E-state index in [2.05, 4.69) is 6.92 Å². The number of hydrogen-bond acceptors (Lipinski definition) is 2. The zero-order valence-corrected chi connectivity index (χ0v) is 7.26. The number of methoxy groups -OCH3 is 1. The van der Waals surface area contributed by atoms with Crippen molar-refractivity contribution >= 4 is 0 Å². The quantitative estimate of drug-likeness (QED) is 0.614. The lowest BCUT2D eigenvalue weighted by Crippen LogP contribution is -2.16. The first-order chi connectivity index (χ1) is 5.24. The van der Waals surface area contributed by atoms with Gasteiger partial charge in [0.1, 0.15) is 0 Å². The first-order valence-corrected chi connectivity index (χ1v) is 4.08. The summed E-state index contributed by atoms with van der Waals surface area (Å²) in [5.74, 6) is 0. The van der Waals surface area contributed by atoms with Crippen molar-refractivity contribution < 1.29 is 9.84 Å². The summed E-state index contributed by atoms with van der Waals surface area (Å²) in [5, 5.41) is 9.33.